The van der Waals surface area contributed by atoms with Crippen LogP contribution in [0.25, 0.3) is 0 Å². The molecule has 0 heterocycles. The third-order valence-electron chi connectivity index (χ3n) is 3.23. The lowest BCUT2D eigenvalue weighted by Gasteiger charge is -2.18. The molecule has 0 bridgehead atoms. The van der Waals surface area contributed by atoms with E-state index in [1.165, 1.54) is 5.56 Å². The number of nitrogens with two attached hydrogens (primary N) is 1. The highest BCUT2D eigenvalue weighted by atomic mass is 16.2. The summed E-state index contributed by atoms with van der Waals surface area (Å²) in [5.41, 5.74) is 7.32. The van der Waals surface area contributed by atoms with Gasteiger partial charge in [0, 0.05) is 0 Å². The number of amides is 3. The van der Waals surface area contributed by atoms with Gasteiger partial charge in [-0.2, -0.15) is 0 Å². The summed E-state index contributed by atoms with van der Waals surface area (Å²) in [5, 5.41) is 5.21. The second-order valence-electron chi connectivity index (χ2n) is 5.80. The Morgan fingerprint density at radius 3 is 2.10 bits per heavy atom. The van der Waals surface area contributed by atoms with Gasteiger partial charge in [0.2, 0.25) is 5.91 Å². The summed E-state index contributed by atoms with van der Waals surface area (Å²) < 4.78 is 0. The van der Waals surface area contributed by atoms with Crippen LogP contribution in [0.4, 0.5) is 4.79 Å². The Kier molecular flexibility index (Phi) is 6.21. The van der Waals surface area contributed by atoms with Crippen LogP contribution in [0.15, 0.2) is 24.3 Å². The maximum Gasteiger partial charge on any atom is 0.312 e. The largest absolute Gasteiger partial charge is 0.352 e. The molecule has 0 fully saturated rings. The highest BCUT2D eigenvalue weighted by Gasteiger charge is 2.16. The molecule has 1 aromatic carbocycles. The fraction of sp³-hybridized carbons (Fsp3) is 0.500. The van der Waals surface area contributed by atoms with Crippen LogP contribution in [0.2, 0.25) is 0 Å². The zero-order valence-electron chi connectivity index (χ0n) is 13.1. The van der Waals surface area contributed by atoms with Crippen molar-refractivity contribution in [3.63, 3.8) is 0 Å². The molecule has 1 rings (SSSR count). The molecule has 5 heteroatoms. The molecule has 0 aromatic heterocycles. The highest BCUT2D eigenvalue weighted by molar-refractivity contribution is 5.86. The molecule has 0 spiro atoms. The standard InChI is InChI=1S/C16H25N3O2/c1-10(2)9-13-5-7-14(8-6-13)11(3)18-15(20)12(4)19-16(17)21/h5-8,10-12H,9H2,1-4H3,(H,18,20)(H3,17,19,21). The molecule has 4 N–H and O–H groups in total. The molecule has 21 heavy (non-hydrogen) atoms. The van der Waals surface area contributed by atoms with Gasteiger partial charge in [-0.25, -0.2) is 4.79 Å². The van der Waals surface area contributed by atoms with Gasteiger partial charge in [0.1, 0.15) is 6.04 Å². The van der Waals surface area contributed by atoms with Crippen molar-refractivity contribution in [3.05, 3.63) is 35.4 Å². The van der Waals surface area contributed by atoms with Crippen molar-refractivity contribution < 1.29 is 9.59 Å². The van der Waals surface area contributed by atoms with E-state index in [-0.39, 0.29) is 11.9 Å². The van der Waals surface area contributed by atoms with Gasteiger partial charge < -0.3 is 16.4 Å². The van der Waals surface area contributed by atoms with Crippen molar-refractivity contribution in [2.45, 2.75) is 46.2 Å². The molecule has 0 aliphatic carbocycles. The number of urea groups is 1. The summed E-state index contributed by atoms with van der Waals surface area (Å²) in [6.45, 7) is 7.87. The van der Waals surface area contributed by atoms with Gasteiger partial charge in [0.25, 0.3) is 0 Å². The molecule has 0 aliphatic heterocycles. The Morgan fingerprint density at radius 2 is 1.62 bits per heavy atom. The van der Waals surface area contributed by atoms with E-state index in [1.807, 2.05) is 19.1 Å². The first-order chi connectivity index (χ1) is 9.79. The van der Waals surface area contributed by atoms with Crippen molar-refractivity contribution in [1.82, 2.24) is 10.6 Å². The van der Waals surface area contributed by atoms with Crippen molar-refractivity contribution in [1.29, 1.82) is 0 Å². The first-order valence-electron chi connectivity index (χ1n) is 7.24. The average Bonchev–Trinajstić information content (AvgIpc) is 2.37. The van der Waals surface area contributed by atoms with Crippen LogP contribution < -0.4 is 16.4 Å². The Morgan fingerprint density at radius 1 is 1.05 bits per heavy atom. The third kappa shape index (κ3) is 5.85. The van der Waals surface area contributed by atoms with E-state index in [0.29, 0.717) is 5.92 Å². The molecule has 5 nitrogen and oxygen atoms in total. The Balaban J connectivity index is 2.60. The number of benzene rings is 1. The minimum atomic E-state index is -0.705. The Hall–Kier alpha value is -2.04. The summed E-state index contributed by atoms with van der Waals surface area (Å²) >= 11 is 0. The van der Waals surface area contributed by atoms with E-state index in [0.717, 1.165) is 12.0 Å². The molecular weight excluding hydrogens is 266 g/mol. The lowest BCUT2D eigenvalue weighted by molar-refractivity contribution is -0.123. The fourth-order valence-electron chi connectivity index (χ4n) is 2.11. The molecule has 2 unspecified atom stereocenters. The average molecular weight is 291 g/mol. The molecule has 2 atom stereocenters. The van der Waals surface area contributed by atoms with E-state index in [4.69, 9.17) is 5.73 Å². The number of hydrogen-bond acceptors (Lipinski definition) is 2. The lowest BCUT2D eigenvalue weighted by Crippen LogP contribution is -2.47. The Labute approximate surface area is 126 Å². The van der Waals surface area contributed by atoms with Gasteiger partial charge in [-0.05, 0) is 37.3 Å². The van der Waals surface area contributed by atoms with E-state index >= 15 is 0 Å². The monoisotopic (exact) mass is 291 g/mol. The predicted octanol–water partition coefficient (Wildman–Crippen LogP) is 2.12. The van der Waals surface area contributed by atoms with Gasteiger partial charge in [0.05, 0.1) is 6.04 Å². The van der Waals surface area contributed by atoms with E-state index in [9.17, 15) is 9.59 Å². The summed E-state index contributed by atoms with van der Waals surface area (Å²) in [6, 6.07) is 6.74. The molecular formula is C16H25N3O2. The zero-order chi connectivity index (χ0) is 16.0. The Bertz CT molecular complexity index is 483. The highest BCUT2D eigenvalue weighted by Crippen LogP contribution is 2.15. The number of nitrogens with one attached hydrogen (secondary N) is 2. The normalized spacial score (nSPS) is 13.6. The van der Waals surface area contributed by atoms with Crippen molar-refractivity contribution in [3.8, 4) is 0 Å². The molecule has 0 saturated carbocycles. The molecule has 0 saturated heterocycles. The minimum absolute atomic E-state index is 0.122. The van der Waals surface area contributed by atoms with E-state index < -0.39 is 12.1 Å². The van der Waals surface area contributed by atoms with Crippen LogP contribution in [0.5, 0.6) is 0 Å². The first-order valence-corrected chi connectivity index (χ1v) is 7.24. The van der Waals surface area contributed by atoms with Crippen LogP contribution in [0.3, 0.4) is 0 Å². The van der Waals surface area contributed by atoms with Crippen LogP contribution in [-0.4, -0.2) is 18.0 Å². The molecule has 3 amide bonds. The third-order valence-corrected chi connectivity index (χ3v) is 3.23. The summed E-state index contributed by atoms with van der Waals surface area (Å²) in [5.74, 6) is 0.362. The minimum Gasteiger partial charge on any atom is -0.352 e. The smallest absolute Gasteiger partial charge is 0.312 e. The van der Waals surface area contributed by atoms with Gasteiger partial charge in [-0.3, -0.25) is 4.79 Å². The van der Waals surface area contributed by atoms with Gasteiger partial charge >= 0.3 is 6.03 Å². The van der Waals surface area contributed by atoms with Crippen molar-refractivity contribution in [2.24, 2.45) is 11.7 Å². The number of rotatable bonds is 6. The molecule has 116 valence electrons. The second kappa shape index (κ2) is 7.67. The maximum atomic E-state index is 11.9. The molecule has 0 radical (unpaired) electrons. The zero-order valence-corrected chi connectivity index (χ0v) is 13.1. The van der Waals surface area contributed by atoms with E-state index in [1.54, 1.807) is 6.92 Å². The van der Waals surface area contributed by atoms with E-state index in [2.05, 4.69) is 36.6 Å². The first kappa shape index (κ1) is 17.0. The number of hydrogen-bond donors (Lipinski definition) is 3. The predicted molar refractivity (Wildman–Crippen MR) is 83.7 cm³/mol. The summed E-state index contributed by atoms with van der Waals surface area (Å²) in [7, 11) is 0. The van der Waals surface area contributed by atoms with Crippen LogP contribution in [0.1, 0.15) is 44.9 Å². The maximum absolute atomic E-state index is 11.9. The lowest BCUT2D eigenvalue weighted by atomic mass is 10.00. The molecule has 1 aromatic rings. The number of carbonyl (C=O) groups excluding carboxylic acids is 2. The van der Waals surface area contributed by atoms with Crippen molar-refractivity contribution in [2.75, 3.05) is 0 Å². The van der Waals surface area contributed by atoms with Crippen LogP contribution >= 0.6 is 0 Å². The summed E-state index contributed by atoms with van der Waals surface area (Å²) in [6.07, 6.45) is 1.04. The van der Waals surface area contributed by atoms with Crippen LogP contribution in [0, 0.1) is 5.92 Å². The van der Waals surface area contributed by atoms with Crippen molar-refractivity contribution >= 4 is 11.9 Å². The van der Waals surface area contributed by atoms with Gasteiger partial charge in [-0.15, -0.1) is 0 Å². The fourth-order valence-corrected chi connectivity index (χ4v) is 2.11. The summed E-state index contributed by atoms with van der Waals surface area (Å²) in [4.78, 5) is 22.6. The topological polar surface area (TPSA) is 84.2 Å². The number of primary amides is 1. The van der Waals surface area contributed by atoms with Crippen LogP contribution in [-0.2, 0) is 11.2 Å². The van der Waals surface area contributed by atoms with Gasteiger partial charge in [0.15, 0.2) is 0 Å². The quantitative estimate of drug-likeness (QED) is 0.750. The van der Waals surface area contributed by atoms with Gasteiger partial charge in [-0.1, -0.05) is 38.1 Å². The second-order valence-corrected chi connectivity index (χ2v) is 5.80. The molecule has 0 aliphatic rings. The number of carbonyl (C=O) groups is 2. The SMILES string of the molecule is CC(C)Cc1ccc(C(C)NC(=O)C(C)NC(N)=O)cc1.